The van der Waals surface area contributed by atoms with Gasteiger partial charge in [0.25, 0.3) is 5.91 Å². The molecule has 0 aromatic heterocycles. The molecule has 1 unspecified atom stereocenters. The SMILES string of the molecule is O=C(Nc1cccc(CN2CCCCC2=O)c1)C1CC(c2cccc(F)c2)=NO1. The minimum absolute atomic E-state index is 0.173. The van der Waals surface area contributed by atoms with Crippen LogP contribution >= 0.6 is 0 Å². The summed E-state index contributed by atoms with van der Waals surface area (Å²) in [4.78, 5) is 31.7. The quantitative estimate of drug-likeness (QED) is 0.843. The second-order valence-electron chi connectivity index (χ2n) is 7.31. The molecule has 1 fully saturated rings. The van der Waals surface area contributed by atoms with E-state index in [9.17, 15) is 14.0 Å². The van der Waals surface area contributed by atoms with Crippen molar-refractivity contribution in [1.29, 1.82) is 0 Å². The Balaban J connectivity index is 1.36. The largest absolute Gasteiger partial charge is 0.382 e. The first-order chi connectivity index (χ1) is 14.1. The van der Waals surface area contributed by atoms with Crippen LogP contribution in [0.25, 0.3) is 0 Å². The standard InChI is InChI=1S/C22H22FN3O3/c23-17-7-4-6-16(12-17)19-13-20(29-25-19)22(28)24-18-8-3-5-15(11-18)14-26-10-2-1-9-21(26)27/h3-8,11-12,20H,1-2,9-10,13-14H2,(H,24,28). The van der Waals surface area contributed by atoms with E-state index in [1.54, 1.807) is 18.2 Å². The summed E-state index contributed by atoms with van der Waals surface area (Å²) in [6, 6.07) is 13.5. The third-order valence-electron chi connectivity index (χ3n) is 5.11. The van der Waals surface area contributed by atoms with Gasteiger partial charge < -0.3 is 15.1 Å². The summed E-state index contributed by atoms with van der Waals surface area (Å²) in [6.07, 6.45) is 2.09. The Morgan fingerprint density at radius 3 is 2.90 bits per heavy atom. The minimum Gasteiger partial charge on any atom is -0.382 e. The molecule has 0 aliphatic carbocycles. The molecule has 0 saturated carbocycles. The van der Waals surface area contributed by atoms with Gasteiger partial charge in [-0.25, -0.2) is 4.39 Å². The number of likely N-dealkylation sites (tertiary alicyclic amines) is 1. The van der Waals surface area contributed by atoms with Crippen LogP contribution in [0.15, 0.2) is 53.7 Å². The van der Waals surface area contributed by atoms with Crippen LogP contribution in [0, 0.1) is 5.82 Å². The topological polar surface area (TPSA) is 71.0 Å². The lowest BCUT2D eigenvalue weighted by Crippen LogP contribution is -2.34. The maximum absolute atomic E-state index is 13.4. The molecule has 2 amide bonds. The van der Waals surface area contributed by atoms with Crippen LogP contribution in [-0.2, 0) is 21.0 Å². The second-order valence-corrected chi connectivity index (χ2v) is 7.31. The molecular weight excluding hydrogens is 373 g/mol. The van der Waals surface area contributed by atoms with E-state index >= 15 is 0 Å². The number of carbonyl (C=O) groups is 2. The van der Waals surface area contributed by atoms with Crippen molar-refractivity contribution >= 4 is 23.2 Å². The third kappa shape index (κ3) is 4.62. The Kier molecular flexibility index (Phi) is 5.55. The first kappa shape index (κ1) is 19.1. The number of anilines is 1. The highest BCUT2D eigenvalue weighted by Gasteiger charge is 2.29. The third-order valence-corrected chi connectivity index (χ3v) is 5.11. The molecule has 7 heteroatoms. The summed E-state index contributed by atoms with van der Waals surface area (Å²) in [5, 5.41) is 6.78. The van der Waals surface area contributed by atoms with Crippen LogP contribution in [0.2, 0.25) is 0 Å². The van der Waals surface area contributed by atoms with Crippen LogP contribution in [0.4, 0.5) is 10.1 Å². The maximum atomic E-state index is 13.4. The van der Waals surface area contributed by atoms with Crippen molar-refractivity contribution in [1.82, 2.24) is 4.90 Å². The van der Waals surface area contributed by atoms with Crippen LogP contribution < -0.4 is 5.32 Å². The molecule has 0 spiro atoms. The molecule has 6 nitrogen and oxygen atoms in total. The lowest BCUT2D eigenvalue weighted by molar-refractivity contribution is -0.133. The van der Waals surface area contributed by atoms with Crippen molar-refractivity contribution in [3.05, 3.63) is 65.5 Å². The van der Waals surface area contributed by atoms with E-state index in [2.05, 4.69) is 10.5 Å². The number of halogens is 1. The van der Waals surface area contributed by atoms with Crippen molar-refractivity contribution in [2.45, 2.75) is 38.3 Å². The van der Waals surface area contributed by atoms with E-state index in [-0.39, 0.29) is 24.1 Å². The van der Waals surface area contributed by atoms with E-state index < -0.39 is 6.10 Å². The van der Waals surface area contributed by atoms with Gasteiger partial charge in [-0.3, -0.25) is 9.59 Å². The number of nitrogens with one attached hydrogen (secondary N) is 1. The molecule has 1 N–H and O–H groups in total. The van der Waals surface area contributed by atoms with Crippen LogP contribution in [0.3, 0.4) is 0 Å². The molecule has 0 bridgehead atoms. The number of rotatable bonds is 5. The fraction of sp³-hybridized carbons (Fsp3) is 0.318. The van der Waals surface area contributed by atoms with E-state index in [1.165, 1.54) is 12.1 Å². The minimum atomic E-state index is -0.763. The number of carbonyl (C=O) groups excluding carboxylic acids is 2. The summed E-state index contributed by atoms with van der Waals surface area (Å²) < 4.78 is 13.4. The Bertz CT molecular complexity index is 960. The highest BCUT2D eigenvalue weighted by Crippen LogP contribution is 2.21. The molecule has 2 aliphatic rings. The Labute approximate surface area is 168 Å². The zero-order chi connectivity index (χ0) is 20.2. The predicted octanol–water partition coefficient (Wildman–Crippen LogP) is 3.47. The molecule has 2 aliphatic heterocycles. The fourth-order valence-corrected chi connectivity index (χ4v) is 3.58. The van der Waals surface area contributed by atoms with Crippen LogP contribution in [0.5, 0.6) is 0 Å². The van der Waals surface area contributed by atoms with Gasteiger partial charge in [0.05, 0.1) is 5.71 Å². The average Bonchev–Trinajstić information content (AvgIpc) is 3.21. The van der Waals surface area contributed by atoms with E-state index in [4.69, 9.17) is 4.84 Å². The highest BCUT2D eigenvalue weighted by molar-refractivity contribution is 6.06. The summed E-state index contributed by atoms with van der Waals surface area (Å²) in [5.74, 6) is -0.500. The van der Waals surface area contributed by atoms with Crippen molar-refractivity contribution < 1.29 is 18.8 Å². The monoisotopic (exact) mass is 395 g/mol. The molecule has 1 atom stereocenters. The Morgan fingerprint density at radius 1 is 1.21 bits per heavy atom. The number of hydrogen-bond acceptors (Lipinski definition) is 4. The van der Waals surface area contributed by atoms with E-state index in [0.29, 0.717) is 29.9 Å². The number of hydrogen-bond donors (Lipinski definition) is 1. The summed E-state index contributed by atoms with van der Waals surface area (Å²) in [6.45, 7) is 1.31. The van der Waals surface area contributed by atoms with Crippen LogP contribution in [0.1, 0.15) is 36.8 Å². The van der Waals surface area contributed by atoms with Gasteiger partial charge in [0.15, 0.2) is 0 Å². The Morgan fingerprint density at radius 2 is 2.07 bits per heavy atom. The van der Waals surface area contributed by atoms with Gasteiger partial charge in [0, 0.05) is 37.2 Å². The van der Waals surface area contributed by atoms with Crippen molar-refractivity contribution in [3.8, 4) is 0 Å². The number of benzene rings is 2. The van der Waals surface area contributed by atoms with Gasteiger partial charge in [-0.2, -0.15) is 0 Å². The number of piperidine rings is 1. The number of oxime groups is 1. The van der Waals surface area contributed by atoms with Crippen molar-refractivity contribution in [2.75, 3.05) is 11.9 Å². The molecule has 4 rings (SSSR count). The molecule has 29 heavy (non-hydrogen) atoms. The molecular formula is C22H22FN3O3. The second kappa shape index (κ2) is 8.43. The zero-order valence-corrected chi connectivity index (χ0v) is 15.9. The van der Waals surface area contributed by atoms with Gasteiger partial charge in [0.1, 0.15) is 5.82 Å². The highest BCUT2D eigenvalue weighted by atomic mass is 19.1. The number of amides is 2. The van der Waals surface area contributed by atoms with Gasteiger partial charge in [0.2, 0.25) is 12.0 Å². The van der Waals surface area contributed by atoms with Gasteiger partial charge in [-0.15, -0.1) is 0 Å². The average molecular weight is 395 g/mol. The van der Waals surface area contributed by atoms with E-state index in [1.807, 2.05) is 23.1 Å². The number of nitrogens with zero attached hydrogens (tertiary/aromatic N) is 2. The molecule has 2 aromatic rings. The zero-order valence-electron chi connectivity index (χ0n) is 15.9. The summed E-state index contributed by atoms with van der Waals surface area (Å²) >= 11 is 0. The van der Waals surface area contributed by atoms with Crippen molar-refractivity contribution in [3.63, 3.8) is 0 Å². The van der Waals surface area contributed by atoms with Gasteiger partial charge in [-0.1, -0.05) is 29.4 Å². The van der Waals surface area contributed by atoms with E-state index in [0.717, 1.165) is 24.9 Å². The van der Waals surface area contributed by atoms with Crippen LogP contribution in [-0.4, -0.2) is 35.1 Å². The molecule has 1 saturated heterocycles. The van der Waals surface area contributed by atoms with Gasteiger partial charge in [-0.05, 0) is 42.7 Å². The first-order valence-corrected chi connectivity index (χ1v) is 9.75. The summed E-state index contributed by atoms with van der Waals surface area (Å²) in [5.41, 5.74) is 2.75. The molecule has 0 radical (unpaired) electrons. The van der Waals surface area contributed by atoms with Crippen molar-refractivity contribution in [2.24, 2.45) is 5.16 Å². The van der Waals surface area contributed by atoms with Gasteiger partial charge >= 0.3 is 0 Å². The smallest absolute Gasteiger partial charge is 0.268 e. The lowest BCUT2D eigenvalue weighted by Gasteiger charge is -2.26. The molecule has 150 valence electrons. The first-order valence-electron chi connectivity index (χ1n) is 9.75. The molecule has 2 aromatic carbocycles. The maximum Gasteiger partial charge on any atom is 0.268 e. The molecule has 2 heterocycles. The normalized spacial score (nSPS) is 18.9. The lowest BCUT2D eigenvalue weighted by atomic mass is 10.0. The predicted molar refractivity (Wildman–Crippen MR) is 107 cm³/mol. The summed E-state index contributed by atoms with van der Waals surface area (Å²) in [7, 11) is 0. The Hall–Kier alpha value is -3.22. The fourth-order valence-electron chi connectivity index (χ4n) is 3.58.